The molecule has 0 aliphatic rings. The molecule has 1 aromatic rings. The van der Waals surface area contributed by atoms with Crippen LogP contribution in [-0.4, -0.2) is 18.1 Å². The van der Waals surface area contributed by atoms with Crippen LogP contribution in [0.5, 0.6) is 0 Å². The van der Waals surface area contributed by atoms with Crippen LogP contribution in [0, 0.1) is 0 Å². The zero-order valence-electron chi connectivity index (χ0n) is 11.0. The fourth-order valence-electron chi connectivity index (χ4n) is 1.74. The molecular weight excluding hydrogens is 214 g/mol. The lowest BCUT2D eigenvalue weighted by atomic mass is 10.0. The van der Waals surface area contributed by atoms with Gasteiger partial charge in [-0.25, -0.2) is 0 Å². The van der Waals surface area contributed by atoms with Crippen molar-refractivity contribution in [1.29, 1.82) is 0 Å². The smallest absolute Gasteiger partial charge is 0.325 e. The SMILES string of the molecule is CCOC(=O)C(C)(C)NC(C)c1ccccc1. The van der Waals surface area contributed by atoms with E-state index in [9.17, 15) is 4.79 Å². The molecular formula is C14H21NO2. The summed E-state index contributed by atoms with van der Waals surface area (Å²) in [5, 5.41) is 3.28. The highest BCUT2D eigenvalue weighted by molar-refractivity contribution is 5.79. The summed E-state index contributed by atoms with van der Waals surface area (Å²) in [5.41, 5.74) is 0.482. The van der Waals surface area contributed by atoms with Gasteiger partial charge in [0, 0.05) is 6.04 Å². The Balaban J connectivity index is 2.67. The number of hydrogen-bond acceptors (Lipinski definition) is 3. The molecule has 0 heterocycles. The minimum Gasteiger partial charge on any atom is -0.465 e. The largest absolute Gasteiger partial charge is 0.465 e. The predicted molar refractivity (Wildman–Crippen MR) is 68.7 cm³/mol. The third-order valence-electron chi connectivity index (χ3n) is 2.66. The van der Waals surface area contributed by atoms with Gasteiger partial charge in [-0.15, -0.1) is 0 Å². The summed E-state index contributed by atoms with van der Waals surface area (Å²) in [5.74, 6) is -0.220. The predicted octanol–water partition coefficient (Wildman–Crippen LogP) is 2.68. The summed E-state index contributed by atoms with van der Waals surface area (Å²) in [6.45, 7) is 7.93. The van der Waals surface area contributed by atoms with E-state index >= 15 is 0 Å². The first-order valence-electron chi connectivity index (χ1n) is 5.97. The minimum absolute atomic E-state index is 0.107. The van der Waals surface area contributed by atoms with Crippen molar-refractivity contribution in [1.82, 2.24) is 5.32 Å². The Morgan fingerprint density at radius 1 is 1.35 bits per heavy atom. The Kier molecular flexibility index (Phi) is 4.70. The van der Waals surface area contributed by atoms with Gasteiger partial charge in [0.05, 0.1) is 6.61 Å². The van der Waals surface area contributed by atoms with E-state index in [-0.39, 0.29) is 12.0 Å². The molecule has 0 amide bonds. The Bertz CT molecular complexity index is 360. The Morgan fingerprint density at radius 2 is 1.94 bits per heavy atom. The molecule has 0 radical (unpaired) electrons. The van der Waals surface area contributed by atoms with Gasteiger partial charge in [-0.2, -0.15) is 0 Å². The van der Waals surface area contributed by atoms with Gasteiger partial charge in [0.15, 0.2) is 0 Å². The molecule has 17 heavy (non-hydrogen) atoms. The first-order valence-corrected chi connectivity index (χ1v) is 5.97. The second-order valence-electron chi connectivity index (χ2n) is 4.62. The van der Waals surface area contributed by atoms with Crippen molar-refractivity contribution in [2.75, 3.05) is 6.61 Å². The quantitative estimate of drug-likeness (QED) is 0.797. The molecule has 0 fully saturated rings. The van der Waals surface area contributed by atoms with E-state index in [1.807, 2.05) is 58.0 Å². The van der Waals surface area contributed by atoms with Crippen LogP contribution in [0.15, 0.2) is 30.3 Å². The third kappa shape index (κ3) is 3.86. The lowest BCUT2D eigenvalue weighted by Crippen LogP contribution is -2.48. The Labute approximate surface area is 103 Å². The second-order valence-corrected chi connectivity index (χ2v) is 4.62. The average Bonchev–Trinajstić information content (AvgIpc) is 2.30. The number of carbonyl (C=O) groups excluding carboxylic acids is 1. The van der Waals surface area contributed by atoms with Crippen LogP contribution < -0.4 is 5.32 Å². The van der Waals surface area contributed by atoms with Crippen molar-refractivity contribution in [2.45, 2.75) is 39.3 Å². The van der Waals surface area contributed by atoms with Gasteiger partial charge in [-0.05, 0) is 33.3 Å². The second kappa shape index (κ2) is 5.82. The van der Waals surface area contributed by atoms with Crippen molar-refractivity contribution in [3.05, 3.63) is 35.9 Å². The monoisotopic (exact) mass is 235 g/mol. The normalized spacial score (nSPS) is 13.2. The maximum absolute atomic E-state index is 11.7. The molecule has 0 saturated heterocycles. The molecule has 1 unspecified atom stereocenters. The summed E-state index contributed by atoms with van der Waals surface area (Å²) in [6.07, 6.45) is 0. The summed E-state index contributed by atoms with van der Waals surface area (Å²) < 4.78 is 5.04. The summed E-state index contributed by atoms with van der Waals surface area (Å²) >= 11 is 0. The number of carbonyl (C=O) groups is 1. The van der Waals surface area contributed by atoms with Gasteiger partial charge in [-0.1, -0.05) is 30.3 Å². The topological polar surface area (TPSA) is 38.3 Å². The average molecular weight is 235 g/mol. The highest BCUT2D eigenvalue weighted by atomic mass is 16.5. The first kappa shape index (κ1) is 13.7. The molecule has 1 N–H and O–H groups in total. The first-order chi connectivity index (χ1) is 7.97. The van der Waals surface area contributed by atoms with Gasteiger partial charge in [0.2, 0.25) is 0 Å². The Hall–Kier alpha value is -1.35. The molecule has 1 atom stereocenters. The maximum atomic E-state index is 11.7. The summed E-state index contributed by atoms with van der Waals surface area (Å²) in [4.78, 5) is 11.7. The number of hydrogen-bond donors (Lipinski definition) is 1. The molecule has 0 aliphatic heterocycles. The third-order valence-corrected chi connectivity index (χ3v) is 2.66. The Morgan fingerprint density at radius 3 is 2.47 bits per heavy atom. The number of benzene rings is 1. The van der Waals surface area contributed by atoms with Gasteiger partial charge in [-0.3, -0.25) is 10.1 Å². The zero-order chi connectivity index (χ0) is 12.9. The van der Waals surface area contributed by atoms with E-state index in [2.05, 4.69) is 5.32 Å². The van der Waals surface area contributed by atoms with Crippen molar-refractivity contribution in [2.24, 2.45) is 0 Å². The molecule has 0 bridgehead atoms. The molecule has 3 nitrogen and oxygen atoms in total. The van der Waals surface area contributed by atoms with Crippen LogP contribution in [0.3, 0.4) is 0 Å². The van der Waals surface area contributed by atoms with Crippen LogP contribution in [0.1, 0.15) is 39.3 Å². The maximum Gasteiger partial charge on any atom is 0.325 e. The molecule has 0 spiro atoms. The molecule has 3 heteroatoms. The minimum atomic E-state index is -0.675. The summed E-state index contributed by atoms with van der Waals surface area (Å²) in [6, 6.07) is 10.1. The van der Waals surface area contributed by atoms with Crippen molar-refractivity contribution >= 4 is 5.97 Å². The highest BCUT2D eigenvalue weighted by Crippen LogP contribution is 2.17. The zero-order valence-corrected chi connectivity index (χ0v) is 11.0. The fraction of sp³-hybridized carbons (Fsp3) is 0.500. The standard InChI is InChI=1S/C14H21NO2/c1-5-17-13(16)14(3,4)15-11(2)12-9-7-6-8-10-12/h6-11,15H,5H2,1-4H3. The number of nitrogens with one attached hydrogen (secondary N) is 1. The molecule has 0 aromatic heterocycles. The van der Waals surface area contributed by atoms with Gasteiger partial charge in [0.1, 0.15) is 5.54 Å². The van der Waals surface area contributed by atoms with E-state index in [0.29, 0.717) is 6.61 Å². The van der Waals surface area contributed by atoms with Crippen molar-refractivity contribution in [3.8, 4) is 0 Å². The van der Waals surface area contributed by atoms with Crippen LogP contribution in [0.4, 0.5) is 0 Å². The van der Waals surface area contributed by atoms with E-state index < -0.39 is 5.54 Å². The van der Waals surface area contributed by atoms with Gasteiger partial charge in [0.25, 0.3) is 0 Å². The highest BCUT2D eigenvalue weighted by Gasteiger charge is 2.30. The van der Waals surface area contributed by atoms with Crippen LogP contribution in [0.25, 0.3) is 0 Å². The lowest BCUT2D eigenvalue weighted by molar-refractivity contribution is -0.150. The van der Waals surface area contributed by atoms with Gasteiger partial charge < -0.3 is 4.74 Å². The van der Waals surface area contributed by atoms with E-state index in [1.165, 1.54) is 0 Å². The number of ether oxygens (including phenoxy) is 1. The van der Waals surface area contributed by atoms with Crippen LogP contribution in [0.2, 0.25) is 0 Å². The number of esters is 1. The molecule has 0 saturated carbocycles. The molecule has 0 aliphatic carbocycles. The molecule has 94 valence electrons. The van der Waals surface area contributed by atoms with E-state index in [4.69, 9.17) is 4.74 Å². The van der Waals surface area contributed by atoms with Crippen molar-refractivity contribution in [3.63, 3.8) is 0 Å². The fourth-order valence-corrected chi connectivity index (χ4v) is 1.74. The van der Waals surface area contributed by atoms with Crippen molar-refractivity contribution < 1.29 is 9.53 Å². The van der Waals surface area contributed by atoms with Crippen LogP contribution in [-0.2, 0) is 9.53 Å². The molecule has 1 aromatic carbocycles. The number of rotatable bonds is 5. The van der Waals surface area contributed by atoms with E-state index in [0.717, 1.165) is 5.56 Å². The lowest BCUT2D eigenvalue weighted by Gasteiger charge is -2.28. The summed E-state index contributed by atoms with van der Waals surface area (Å²) in [7, 11) is 0. The van der Waals surface area contributed by atoms with E-state index in [1.54, 1.807) is 0 Å². The van der Waals surface area contributed by atoms with Crippen LogP contribution >= 0.6 is 0 Å². The van der Waals surface area contributed by atoms with Gasteiger partial charge >= 0.3 is 5.97 Å². The molecule has 1 rings (SSSR count).